The van der Waals surface area contributed by atoms with Gasteiger partial charge in [-0.2, -0.15) is 0 Å². The summed E-state index contributed by atoms with van der Waals surface area (Å²) < 4.78 is 0. The van der Waals surface area contributed by atoms with Crippen molar-refractivity contribution in [1.29, 1.82) is 0 Å². The predicted molar refractivity (Wildman–Crippen MR) is 74.9 cm³/mol. The van der Waals surface area contributed by atoms with E-state index in [1.165, 1.54) is 0 Å². The zero-order valence-corrected chi connectivity index (χ0v) is 10.8. The third-order valence-electron chi connectivity index (χ3n) is 2.82. The number of halogens is 1. The number of nitrogens with one attached hydrogen (secondary N) is 1. The van der Waals surface area contributed by atoms with Crippen LogP contribution in [-0.2, 0) is 4.79 Å². The lowest BCUT2D eigenvalue weighted by molar-refractivity contribution is -0.117. The molecule has 0 aliphatic rings. The van der Waals surface area contributed by atoms with Gasteiger partial charge in [0.2, 0.25) is 5.91 Å². The molecule has 2 rings (SSSR count). The molecular weight excluding hydrogens is 246 g/mol. The number of hydrogen-bond acceptors (Lipinski definition) is 1. The van der Waals surface area contributed by atoms with Gasteiger partial charge in [0, 0.05) is 0 Å². The molecule has 18 heavy (non-hydrogen) atoms. The van der Waals surface area contributed by atoms with Crippen molar-refractivity contribution >= 4 is 23.2 Å². The van der Waals surface area contributed by atoms with Crippen molar-refractivity contribution in [1.82, 2.24) is 0 Å². The van der Waals surface area contributed by atoms with Crippen LogP contribution in [0.3, 0.4) is 0 Å². The number of carbonyl (C=O) groups excluding carboxylic acids is 1. The van der Waals surface area contributed by atoms with Crippen LogP contribution in [0.25, 0.3) is 0 Å². The third kappa shape index (κ3) is 2.90. The molecule has 0 aliphatic heterocycles. The maximum absolute atomic E-state index is 12.1. The summed E-state index contributed by atoms with van der Waals surface area (Å²) >= 11 is 6.00. The summed E-state index contributed by atoms with van der Waals surface area (Å²) in [6.45, 7) is 1.88. The molecule has 0 radical (unpaired) electrons. The zero-order chi connectivity index (χ0) is 13.0. The second-order valence-electron chi connectivity index (χ2n) is 4.10. The van der Waals surface area contributed by atoms with Gasteiger partial charge in [0.1, 0.15) is 0 Å². The Hall–Kier alpha value is -1.80. The van der Waals surface area contributed by atoms with Gasteiger partial charge in [-0.1, -0.05) is 54.1 Å². The molecule has 1 amide bonds. The van der Waals surface area contributed by atoms with Crippen molar-refractivity contribution in [3.05, 3.63) is 65.2 Å². The van der Waals surface area contributed by atoms with Gasteiger partial charge in [-0.3, -0.25) is 4.79 Å². The highest BCUT2D eigenvalue weighted by Crippen LogP contribution is 2.23. The number of hydrogen-bond donors (Lipinski definition) is 1. The van der Waals surface area contributed by atoms with Crippen molar-refractivity contribution in [2.75, 3.05) is 5.32 Å². The second kappa shape index (κ2) is 5.69. The third-order valence-corrected chi connectivity index (χ3v) is 3.15. The lowest BCUT2D eigenvalue weighted by Crippen LogP contribution is -2.18. The highest BCUT2D eigenvalue weighted by Gasteiger charge is 2.15. The van der Waals surface area contributed by atoms with E-state index in [2.05, 4.69) is 5.32 Å². The van der Waals surface area contributed by atoms with Gasteiger partial charge in [-0.25, -0.2) is 0 Å². The van der Waals surface area contributed by atoms with Crippen LogP contribution in [0.5, 0.6) is 0 Å². The molecule has 1 N–H and O–H groups in total. The molecule has 0 saturated heterocycles. The van der Waals surface area contributed by atoms with Crippen LogP contribution in [-0.4, -0.2) is 5.91 Å². The van der Waals surface area contributed by atoms with Crippen LogP contribution < -0.4 is 5.32 Å². The van der Waals surface area contributed by atoms with E-state index < -0.39 is 0 Å². The maximum Gasteiger partial charge on any atom is 0.231 e. The topological polar surface area (TPSA) is 29.1 Å². The van der Waals surface area contributed by atoms with Gasteiger partial charge < -0.3 is 5.32 Å². The SMILES string of the molecule is CC(C(=O)Nc1ccccc1Cl)c1ccccc1. The monoisotopic (exact) mass is 259 g/mol. The van der Waals surface area contributed by atoms with Crippen LogP contribution in [0, 0.1) is 0 Å². The Balaban J connectivity index is 2.12. The van der Waals surface area contributed by atoms with Crippen molar-refractivity contribution in [2.45, 2.75) is 12.8 Å². The maximum atomic E-state index is 12.1. The summed E-state index contributed by atoms with van der Waals surface area (Å²) in [5, 5.41) is 3.38. The lowest BCUT2D eigenvalue weighted by atomic mass is 10.0. The molecule has 1 unspecified atom stereocenters. The van der Waals surface area contributed by atoms with Crippen molar-refractivity contribution in [3.63, 3.8) is 0 Å². The van der Waals surface area contributed by atoms with E-state index in [0.29, 0.717) is 10.7 Å². The largest absolute Gasteiger partial charge is 0.324 e. The van der Waals surface area contributed by atoms with E-state index in [1.54, 1.807) is 12.1 Å². The Morgan fingerprint density at radius 1 is 1.06 bits per heavy atom. The number of rotatable bonds is 3. The minimum atomic E-state index is -0.206. The molecule has 0 aliphatic carbocycles. The fraction of sp³-hybridized carbons (Fsp3) is 0.133. The molecule has 0 bridgehead atoms. The molecule has 92 valence electrons. The fourth-order valence-corrected chi connectivity index (χ4v) is 1.88. The molecular formula is C15H14ClNO. The Bertz CT molecular complexity index is 539. The minimum Gasteiger partial charge on any atom is -0.324 e. The molecule has 0 heterocycles. The van der Waals surface area contributed by atoms with Gasteiger partial charge in [-0.15, -0.1) is 0 Å². The Kier molecular flexibility index (Phi) is 4.00. The van der Waals surface area contributed by atoms with Crippen molar-refractivity contribution < 1.29 is 4.79 Å². The highest BCUT2D eigenvalue weighted by molar-refractivity contribution is 6.33. The van der Waals surface area contributed by atoms with E-state index in [4.69, 9.17) is 11.6 Å². The van der Waals surface area contributed by atoms with E-state index in [1.807, 2.05) is 49.4 Å². The molecule has 2 nitrogen and oxygen atoms in total. The van der Waals surface area contributed by atoms with E-state index >= 15 is 0 Å². The van der Waals surface area contributed by atoms with Gasteiger partial charge >= 0.3 is 0 Å². The number of benzene rings is 2. The van der Waals surface area contributed by atoms with Crippen LogP contribution in [0.15, 0.2) is 54.6 Å². The smallest absolute Gasteiger partial charge is 0.231 e. The Morgan fingerprint density at radius 3 is 2.33 bits per heavy atom. The molecule has 0 fully saturated rings. The van der Waals surface area contributed by atoms with Gasteiger partial charge in [-0.05, 0) is 24.6 Å². The van der Waals surface area contributed by atoms with Crippen LogP contribution in [0.1, 0.15) is 18.4 Å². The minimum absolute atomic E-state index is 0.0608. The predicted octanol–water partition coefficient (Wildman–Crippen LogP) is 4.08. The zero-order valence-electron chi connectivity index (χ0n) is 10.1. The summed E-state index contributed by atoms with van der Waals surface area (Å²) in [6.07, 6.45) is 0. The van der Waals surface area contributed by atoms with Crippen molar-refractivity contribution in [3.8, 4) is 0 Å². The first-order valence-electron chi connectivity index (χ1n) is 5.79. The highest BCUT2D eigenvalue weighted by atomic mass is 35.5. The van der Waals surface area contributed by atoms with Crippen LogP contribution >= 0.6 is 11.6 Å². The fourth-order valence-electron chi connectivity index (χ4n) is 1.70. The molecule has 2 aromatic rings. The number of amides is 1. The standard InChI is InChI=1S/C15H14ClNO/c1-11(12-7-3-2-4-8-12)15(18)17-14-10-6-5-9-13(14)16/h2-11H,1H3,(H,17,18). The van der Waals surface area contributed by atoms with Crippen LogP contribution in [0.2, 0.25) is 5.02 Å². The van der Waals surface area contributed by atoms with E-state index in [9.17, 15) is 4.79 Å². The van der Waals surface area contributed by atoms with Crippen molar-refractivity contribution in [2.24, 2.45) is 0 Å². The van der Waals surface area contributed by atoms with Gasteiger partial charge in [0.25, 0.3) is 0 Å². The second-order valence-corrected chi connectivity index (χ2v) is 4.51. The average Bonchev–Trinajstić information content (AvgIpc) is 2.41. The normalized spacial score (nSPS) is 11.9. The molecule has 3 heteroatoms. The summed E-state index contributed by atoms with van der Waals surface area (Å²) in [7, 11) is 0. The first kappa shape index (κ1) is 12.7. The summed E-state index contributed by atoms with van der Waals surface area (Å²) in [6, 6.07) is 16.9. The first-order valence-corrected chi connectivity index (χ1v) is 6.16. The average molecular weight is 260 g/mol. The molecule has 1 atom stereocenters. The molecule has 0 aromatic heterocycles. The molecule has 0 spiro atoms. The lowest BCUT2D eigenvalue weighted by Gasteiger charge is -2.13. The molecule has 2 aromatic carbocycles. The summed E-state index contributed by atoms with van der Waals surface area (Å²) in [4.78, 5) is 12.1. The first-order chi connectivity index (χ1) is 8.68. The van der Waals surface area contributed by atoms with Gasteiger partial charge in [0.15, 0.2) is 0 Å². The Labute approximate surface area is 112 Å². The Morgan fingerprint density at radius 2 is 1.67 bits per heavy atom. The summed E-state index contributed by atoms with van der Waals surface area (Å²) in [5.41, 5.74) is 1.63. The van der Waals surface area contributed by atoms with Crippen LogP contribution in [0.4, 0.5) is 5.69 Å². The number of para-hydroxylation sites is 1. The number of anilines is 1. The number of carbonyl (C=O) groups is 1. The van der Waals surface area contributed by atoms with E-state index in [-0.39, 0.29) is 11.8 Å². The van der Waals surface area contributed by atoms with Gasteiger partial charge in [0.05, 0.1) is 16.6 Å². The molecule has 0 saturated carbocycles. The quantitative estimate of drug-likeness (QED) is 0.884. The van der Waals surface area contributed by atoms with E-state index in [0.717, 1.165) is 5.56 Å². The summed E-state index contributed by atoms with van der Waals surface area (Å²) in [5.74, 6) is -0.267.